The molecule has 2 heterocycles. The van der Waals surface area contributed by atoms with E-state index in [1.165, 1.54) is 6.07 Å². The van der Waals surface area contributed by atoms with Crippen LogP contribution < -0.4 is 5.32 Å². The molecule has 0 spiro atoms. The molecule has 0 saturated heterocycles. The molecule has 4 rings (SSSR count). The van der Waals surface area contributed by atoms with Gasteiger partial charge in [-0.3, -0.25) is 9.78 Å². The van der Waals surface area contributed by atoms with Crippen molar-refractivity contribution in [1.29, 1.82) is 0 Å². The number of carbonyl (C=O) groups excluding carboxylic acids is 1. The Labute approximate surface area is 168 Å². The van der Waals surface area contributed by atoms with Gasteiger partial charge < -0.3 is 10.3 Å². The van der Waals surface area contributed by atoms with Gasteiger partial charge in [-0.15, -0.1) is 0 Å². The summed E-state index contributed by atoms with van der Waals surface area (Å²) in [6.45, 7) is 4.39. The average molecular weight is 387 g/mol. The van der Waals surface area contributed by atoms with E-state index in [0.29, 0.717) is 24.0 Å². The molecule has 4 nitrogen and oxygen atoms in total. The van der Waals surface area contributed by atoms with Crippen LogP contribution in [0.25, 0.3) is 22.0 Å². The zero-order valence-electron chi connectivity index (χ0n) is 16.4. The van der Waals surface area contributed by atoms with Crippen LogP contribution in [0.2, 0.25) is 0 Å². The number of benzene rings is 2. The first-order valence-corrected chi connectivity index (χ1v) is 9.59. The number of rotatable bonds is 5. The number of carbonyl (C=O) groups is 1. The molecule has 5 heteroatoms. The minimum Gasteiger partial charge on any atom is -0.356 e. The third kappa shape index (κ3) is 3.76. The fourth-order valence-corrected chi connectivity index (χ4v) is 3.74. The number of fused-ring (bicyclic) bond motifs is 1. The van der Waals surface area contributed by atoms with Crippen molar-refractivity contribution in [2.75, 3.05) is 6.54 Å². The molecule has 1 amide bonds. The third-order valence-corrected chi connectivity index (χ3v) is 5.23. The zero-order valence-corrected chi connectivity index (χ0v) is 16.4. The number of aromatic nitrogens is 2. The Balaban J connectivity index is 1.48. The summed E-state index contributed by atoms with van der Waals surface area (Å²) in [7, 11) is 0. The third-order valence-electron chi connectivity index (χ3n) is 5.23. The lowest BCUT2D eigenvalue weighted by atomic mass is 10.0. The molecule has 0 atom stereocenters. The molecule has 0 fully saturated rings. The molecule has 0 radical (unpaired) electrons. The molecule has 29 heavy (non-hydrogen) atoms. The van der Waals surface area contributed by atoms with E-state index in [2.05, 4.69) is 15.3 Å². The number of hydrogen-bond acceptors (Lipinski definition) is 2. The van der Waals surface area contributed by atoms with E-state index >= 15 is 0 Å². The first-order valence-electron chi connectivity index (χ1n) is 9.59. The second-order valence-electron chi connectivity index (χ2n) is 7.17. The lowest BCUT2D eigenvalue weighted by Gasteiger charge is -2.08. The van der Waals surface area contributed by atoms with Crippen molar-refractivity contribution >= 4 is 16.8 Å². The van der Waals surface area contributed by atoms with Crippen molar-refractivity contribution in [3.63, 3.8) is 0 Å². The summed E-state index contributed by atoms with van der Waals surface area (Å²) in [4.78, 5) is 19.8. The van der Waals surface area contributed by atoms with Gasteiger partial charge >= 0.3 is 0 Å². The number of aryl methyl sites for hydroxylation is 2. The van der Waals surface area contributed by atoms with Gasteiger partial charge in [-0.1, -0.05) is 18.2 Å². The first-order chi connectivity index (χ1) is 14.0. The van der Waals surface area contributed by atoms with Gasteiger partial charge in [0.25, 0.3) is 5.91 Å². The molecule has 0 aliphatic carbocycles. The number of nitrogens with one attached hydrogen (secondary N) is 2. The van der Waals surface area contributed by atoms with Gasteiger partial charge in [-0.25, -0.2) is 4.39 Å². The Morgan fingerprint density at radius 1 is 1.07 bits per heavy atom. The van der Waals surface area contributed by atoms with Gasteiger partial charge in [0, 0.05) is 35.6 Å². The van der Waals surface area contributed by atoms with Gasteiger partial charge in [0.15, 0.2) is 0 Å². The molecule has 0 unspecified atom stereocenters. The summed E-state index contributed by atoms with van der Waals surface area (Å²) in [5.41, 5.74) is 6.13. The van der Waals surface area contributed by atoms with Crippen molar-refractivity contribution in [1.82, 2.24) is 15.3 Å². The number of pyridine rings is 1. The number of aromatic amines is 1. The summed E-state index contributed by atoms with van der Waals surface area (Å²) < 4.78 is 14.1. The largest absolute Gasteiger partial charge is 0.356 e. The second kappa shape index (κ2) is 7.87. The van der Waals surface area contributed by atoms with Crippen molar-refractivity contribution in [3.8, 4) is 11.1 Å². The normalized spacial score (nSPS) is 11.0. The summed E-state index contributed by atoms with van der Waals surface area (Å²) in [6, 6.07) is 14.6. The Morgan fingerprint density at radius 3 is 2.66 bits per heavy atom. The van der Waals surface area contributed by atoms with E-state index in [1.54, 1.807) is 24.5 Å². The Morgan fingerprint density at radius 2 is 1.86 bits per heavy atom. The Hall–Kier alpha value is -3.47. The SMILES string of the molecule is Cc1[nH]c2c(F)ccc(C)c2c1CCNC(=O)c1cccc(-c2ccncc2)c1. The van der Waals surface area contributed by atoms with Crippen LogP contribution in [0.4, 0.5) is 4.39 Å². The predicted molar refractivity (Wildman–Crippen MR) is 113 cm³/mol. The summed E-state index contributed by atoms with van der Waals surface area (Å²) in [5.74, 6) is -0.377. The molecule has 146 valence electrons. The van der Waals surface area contributed by atoms with Crippen molar-refractivity contribution < 1.29 is 9.18 Å². The van der Waals surface area contributed by atoms with E-state index in [0.717, 1.165) is 33.3 Å². The Kier molecular flexibility index (Phi) is 5.12. The van der Waals surface area contributed by atoms with Gasteiger partial charge in [-0.2, -0.15) is 0 Å². The minimum atomic E-state index is -0.253. The minimum absolute atomic E-state index is 0.124. The first kappa shape index (κ1) is 18.9. The summed E-state index contributed by atoms with van der Waals surface area (Å²) in [5, 5.41) is 3.90. The smallest absolute Gasteiger partial charge is 0.251 e. The highest BCUT2D eigenvalue weighted by Crippen LogP contribution is 2.28. The number of nitrogens with zero attached hydrogens (tertiary/aromatic N) is 1. The molecule has 4 aromatic rings. The molecular formula is C24H22FN3O. The van der Waals surface area contributed by atoms with Crippen LogP contribution in [0.15, 0.2) is 60.9 Å². The van der Waals surface area contributed by atoms with Crippen LogP contribution in [0.5, 0.6) is 0 Å². The van der Waals surface area contributed by atoms with E-state index in [4.69, 9.17) is 0 Å². The van der Waals surface area contributed by atoms with Gasteiger partial charge in [0.1, 0.15) is 5.82 Å². The molecule has 2 aromatic carbocycles. The van der Waals surface area contributed by atoms with E-state index in [9.17, 15) is 9.18 Å². The molecule has 2 N–H and O–H groups in total. The zero-order chi connectivity index (χ0) is 20.4. The maximum Gasteiger partial charge on any atom is 0.251 e. The maximum absolute atomic E-state index is 14.1. The molecule has 0 bridgehead atoms. The molecule has 0 aliphatic rings. The predicted octanol–water partition coefficient (Wildman–Crippen LogP) is 4.96. The van der Waals surface area contributed by atoms with Gasteiger partial charge in [-0.05, 0) is 72.9 Å². The number of halogens is 1. The fraction of sp³-hybridized carbons (Fsp3) is 0.167. The van der Waals surface area contributed by atoms with E-state index in [1.807, 2.05) is 44.2 Å². The highest BCUT2D eigenvalue weighted by atomic mass is 19.1. The number of H-pyrrole nitrogens is 1. The standard InChI is InChI=1S/C24H22FN3O/c1-15-6-7-21(25)23-22(15)20(16(2)28-23)10-13-27-24(29)19-5-3-4-18(14-19)17-8-11-26-12-9-17/h3-9,11-12,14,28H,10,13H2,1-2H3,(H,27,29). The van der Waals surface area contributed by atoms with Crippen LogP contribution in [-0.4, -0.2) is 22.4 Å². The monoisotopic (exact) mass is 387 g/mol. The lowest BCUT2D eigenvalue weighted by molar-refractivity contribution is 0.0954. The van der Waals surface area contributed by atoms with Crippen molar-refractivity contribution in [2.24, 2.45) is 0 Å². The van der Waals surface area contributed by atoms with Crippen LogP contribution in [0.1, 0.15) is 27.2 Å². The van der Waals surface area contributed by atoms with Crippen LogP contribution in [0.3, 0.4) is 0 Å². The van der Waals surface area contributed by atoms with Gasteiger partial charge in [0.05, 0.1) is 5.52 Å². The summed E-state index contributed by atoms with van der Waals surface area (Å²) >= 11 is 0. The highest BCUT2D eigenvalue weighted by molar-refractivity contribution is 5.95. The number of hydrogen-bond donors (Lipinski definition) is 2. The topological polar surface area (TPSA) is 57.8 Å². The lowest BCUT2D eigenvalue weighted by Crippen LogP contribution is -2.25. The Bertz CT molecular complexity index is 1180. The average Bonchev–Trinajstić information content (AvgIpc) is 3.09. The second-order valence-corrected chi connectivity index (χ2v) is 7.17. The maximum atomic E-state index is 14.1. The van der Waals surface area contributed by atoms with Crippen molar-refractivity contribution in [3.05, 3.63) is 89.1 Å². The highest BCUT2D eigenvalue weighted by Gasteiger charge is 2.14. The van der Waals surface area contributed by atoms with Crippen LogP contribution in [0, 0.1) is 19.7 Å². The van der Waals surface area contributed by atoms with Crippen molar-refractivity contribution in [2.45, 2.75) is 20.3 Å². The van der Waals surface area contributed by atoms with Gasteiger partial charge in [0.2, 0.25) is 0 Å². The van der Waals surface area contributed by atoms with E-state index < -0.39 is 0 Å². The fourth-order valence-electron chi connectivity index (χ4n) is 3.74. The quantitative estimate of drug-likeness (QED) is 0.509. The molecule has 2 aromatic heterocycles. The molecule has 0 aliphatic heterocycles. The molecular weight excluding hydrogens is 365 g/mol. The summed E-state index contributed by atoms with van der Waals surface area (Å²) in [6.07, 6.45) is 4.10. The van der Waals surface area contributed by atoms with Crippen LogP contribution >= 0.6 is 0 Å². The van der Waals surface area contributed by atoms with E-state index in [-0.39, 0.29) is 11.7 Å². The molecule has 0 saturated carbocycles. The van der Waals surface area contributed by atoms with Crippen LogP contribution in [-0.2, 0) is 6.42 Å². The number of amides is 1.